The summed E-state index contributed by atoms with van der Waals surface area (Å²) in [6.45, 7) is 2.62. The maximum atomic E-state index is 11.2. The summed E-state index contributed by atoms with van der Waals surface area (Å²) in [6, 6.07) is 0. The number of rotatable bonds is 7. The summed E-state index contributed by atoms with van der Waals surface area (Å²) in [4.78, 5) is 43.5. The summed E-state index contributed by atoms with van der Waals surface area (Å²) in [7, 11) is 0. The molecule has 4 amide bonds. The third-order valence-corrected chi connectivity index (χ3v) is 2.31. The highest BCUT2D eigenvalue weighted by Crippen LogP contribution is 2.05. The fraction of sp³-hybridized carbons (Fsp3) is 0.667. The molecule has 0 aromatic heterocycles. The van der Waals surface area contributed by atoms with Gasteiger partial charge in [0.25, 0.3) is 0 Å². The zero-order chi connectivity index (χ0) is 15.4. The fourth-order valence-corrected chi connectivity index (χ4v) is 1.37. The first-order valence-electron chi connectivity index (χ1n) is 6.52. The third-order valence-electron chi connectivity index (χ3n) is 2.31. The van der Waals surface area contributed by atoms with Gasteiger partial charge in [-0.05, 0) is 12.8 Å². The summed E-state index contributed by atoms with van der Waals surface area (Å²) < 4.78 is 0. The molecule has 0 aliphatic carbocycles. The Kier molecular flexibility index (Phi) is 9.63. The molecule has 0 spiro atoms. The Morgan fingerprint density at radius 3 is 1.25 bits per heavy atom. The van der Waals surface area contributed by atoms with Gasteiger partial charge in [0.05, 0.1) is 0 Å². The maximum absolute atomic E-state index is 11.2. The molecule has 0 heterocycles. The Labute approximate surface area is 118 Å². The van der Waals surface area contributed by atoms with Gasteiger partial charge in [-0.3, -0.25) is 40.9 Å². The average Bonchev–Trinajstić information content (AvgIpc) is 2.37. The van der Waals surface area contributed by atoms with Gasteiger partial charge in [-0.1, -0.05) is 12.8 Å². The van der Waals surface area contributed by atoms with Crippen LogP contribution in [-0.2, 0) is 19.2 Å². The summed E-state index contributed by atoms with van der Waals surface area (Å²) in [5.74, 6) is -1.10. The molecule has 0 saturated carbocycles. The van der Waals surface area contributed by atoms with E-state index in [1.165, 1.54) is 13.8 Å². The first kappa shape index (κ1) is 17.9. The van der Waals surface area contributed by atoms with Crippen LogP contribution in [0.3, 0.4) is 0 Å². The fourth-order valence-electron chi connectivity index (χ4n) is 1.37. The van der Waals surface area contributed by atoms with Gasteiger partial charge in [0.1, 0.15) is 0 Å². The Hall–Kier alpha value is -2.12. The van der Waals surface area contributed by atoms with Crippen molar-refractivity contribution < 1.29 is 19.2 Å². The Morgan fingerprint density at radius 1 is 0.600 bits per heavy atom. The molecule has 8 nitrogen and oxygen atoms in total. The molecule has 0 aromatic rings. The van der Waals surface area contributed by atoms with Crippen molar-refractivity contribution in [1.29, 1.82) is 0 Å². The van der Waals surface area contributed by atoms with Gasteiger partial charge in [0.15, 0.2) is 0 Å². The number of hydrazine groups is 2. The van der Waals surface area contributed by atoms with Gasteiger partial charge in [0.2, 0.25) is 23.6 Å². The molecule has 0 saturated heterocycles. The molecule has 0 rings (SSSR count). The van der Waals surface area contributed by atoms with E-state index in [4.69, 9.17) is 0 Å². The molecule has 8 heteroatoms. The van der Waals surface area contributed by atoms with Gasteiger partial charge in [-0.2, -0.15) is 0 Å². The van der Waals surface area contributed by atoms with E-state index in [1.807, 2.05) is 0 Å². The zero-order valence-corrected chi connectivity index (χ0v) is 11.9. The highest BCUT2D eigenvalue weighted by molar-refractivity contribution is 5.81. The lowest BCUT2D eigenvalue weighted by atomic mass is 10.1. The number of hydrogen-bond donors (Lipinski definition) is 4. The van der Waals surface area contributed by atoms with Gasteiger partial charge in [-0.15, -0.1) is 0 Å². The minimum absolute atomic E-state index is 0.233. The predicted octanol–water partition coefficient (Wildman–Crippen LogP) is -0.338. The van der Waals surface area contributed by atoms with Gasteiger partial charge in [0, 0.05) is 26.7 Å². The number of nitrogens with one attached hydrogen (secondary N) is 4. The molecule has 4 N–H and O–H groups in total. The zero-order valence-electron chi connectivity index (χ0n) is 11.9. The van der Waals surface area contributed by atoms with Crippen LogP contribution in [0.25, 0.3) is 0 Å². The van der Waals surface area contributed by atoms with Crippen molar-refractivity contribution in [2.24, 2.45) is 0 Å². The van der Waals surface area contributed by atoms with E-state index < -0.39 is 0 Å². The molecule has 114 valence electrons. The normalized spacial score (nSPS) is 9.50. The minimum Gasteiger partial charge on any atom is -0.274 e. The smallest absolute Gasteiger partial charge is 0.238 e. The van der Waals surface area contributed by atoms with E-state index in [1.54, 1.807) is 0 Å². The Balaban J connectivity index is 3.39. The highest BCUT2D eigenvalue weighted by atomic mass is 16.2. The van der Waals surface area contributed by atoms with Crippen molar-refractivity contribution in [1.82, 2.24) is 21.7 Å². The van der Waals surface area contributed by atoms with E-state index in [0.29, 0.717) is 25.7 Å². The van der Waals surface area contributed by atoms with Crippen molar-refractivity contribution >= 4 is 23.6 Å². The topological polar surface area (TPSA) is 116 Å². The lowest BCUT2D eigenvalue weighted by molar-refractivity contribution is -0.128. The second-order valence-electron chi connectivity index (χ2n) is 4.37. The van der Waals surface area contributed by atoms with Gasteiger partial charge >= 0.3 is 0 Å². The maximum Gasteiger partial charge on any atom is 0.238 e. The quantitative estimate of drug-likeness (QED) is 0.378. The summed E-state index contributed by atoms with van der Waals surface area (Å²) >= 11 is 0. The van der Waals surface area contributed by atoms with Crippen LogP contribution in [0.2, 0.25) is 0 Å². The van der Waals surface area contributed by atoms with E-state index in [-0.39, 0.29) is 23.6 Å². The largest absolute Gasteiger partial charge is 0.274 e. The summed E-state index contributed by atoms with van der Waals surface area (Å²) in [6.07, 6.45) is 3.69. The predicted molar refractivity (Wildman–Crippen MR) is 71.6 cm³/mol. The van der Waals surface area contributed by atoms with E-state index in [9.17, 15) is 19.2 Å². The number of carbonyl (C=O) groups excluding carboxylic acids is 4. The number of unbranched alkanes of at least 4 members (excludes halogenated alkanes) is 3. The van der Waals surface area contributed by atoms with E-state index in [2.05, 4.69) is 21.7 Å². The Bertz CT molecular complexity index is 323. The van der Waals surface area contributed by atoms with Crippen molar-refractivity contribution in [2.75, 3.05) is 0 Å². The van der Waals surface area contributed by atoms with Crippen molar-refractivity contribution in [3.8, 4) is 0 Å². The van der Waals surface area contributed by atoms with Crippen LogP contribution in [0, 0.1) is 0 Å². The van der Waals surface area contributed by atoms with Crippen molar-refractivity contribution in [3.05, 3.63) is 0 Å². The summed E-state index contributed by atoms with van der Waals surface area (Å²) in [5.41, 5.74) is 8.97. The molecule has 0 unspecified atom stereocenters. The first-order chi connectivity index (χ1) is 9.41. The highest BCUT2D eigenvalue weighted by Gasteiger charge is 2.03. The monoisotopic (exact) mass is 286 g/mol. The van der Waals surface area contributed by atoms with Gasteiger partial charge in [-0.25, -0.2) is 0 Å². The van der Waals surface area contributed by atoms with Crippen LogP contribution in [0.1, 0.15) is 52.4 Å². The molecule has 0 fully saturated rings. The van der Waals surface area contributed by atoms with Crippen LogP contribution in [0.5, 0.6) is 0 Å². The summed E-state index contributed by atoms with van der Waals surface area (Å²) in [5, 5.41) is 0. The molecule has 0 bridgehead atoms. The minimum atomic E-state index is -0.316. The lowest BCUT2D eigenvalue weighted by Gasteiger charge is -2.05. The van der Waals surface area contributed by atoms with E-state index in [0.717, 1.165) is 12.8 Å². The van der Waals surface area contributed by atoms with Crippen LogP contribution < -0.4 is 21.7 Å². The van der Waals surface area contributed by atoms with Crippen LogP contribution in [0.15, 0.2) is 0 Å². The molecule has 0 radical (unpaired) electrons. The second kappa shape index (κ2) is 10.8. The van der Waals surface area contributed by atoms with Crippen molar-refractivity contribution in [3.63, 3.8) is 0 Å². The second-order valence-corrected chi connectivity index (χ2v) is 4.37. The van der Waals surface area contributed by atoms with Crippen LogP contribution in [0.4, 0.5) is 0 Å². The molecule has 0 aromatic carbocycles. The van der Waals surface area contributed by atoms with Crippen molar-refractivity contribution in [2.45, 2.75) is 52.4 Å². The van der Waals surface area contributed by atoms with E-state index >= 15 is 0 Å². The molecular weight excluding hydrogens is 264 g/mol. The molecule has 20 heavy (non-hydrogen) atoms. The first-order valence-corrected chi connectivity index (χ1v) is 6.52. The molecule has 0 aliphatic heterocycles. The molecular formula is C12H22N4O4. The third kappa shape index (κ3) is 12.3. The number of amides is 4. The SMILES string of the molecule is CC(=O)NNC(=O)CCCCCCC(=O)NNC(C)=O. The standard InChI is InChI=1S/C12H22N4O4/c1-9(17)13-15-11(19)7-5-3-4-6-8-12(20)16-14-10(2)18/h3-8H2,1-2H3,(H,13,17)(H,14,18)(H,15,19)(H,16,20). The van der Waals surface area contributed by atoms with Crippen LogP contribution >= 0.6 is 0 Å². The number of carbonyl (C=O) groups is 4. The Morgan fingerprint density at radius 2 is 0.950 bits per heavy atom. The number of hydrogen-bond acceptors (Lipinski definition) is 4. The molecule has 0 aliphatic rings. The lowest BCUT2D eigenvalue weighted by Crippen LogP contribution is -2.40. The van der Waals surface area contributed by atoms with Gasteiger partial charge < -0.3 is 0 Å². The average molecular weight is 286 g/mol. The van der Waals surface area contributed by atoms with Crippen LogP contribution in [-0.4, -0.2) is 23.6 Å². The molecule has 0 atom stereocenters.